The molecule has 0 fully saturated rings. The average Bonchev–Trinajstić information content (AvgIpc) is 4.00. The molecule has 0 amide bonds. The van der Waals surface area contributed by atoms with Gasteiger partial charge in [0.1, 0.15) is 5.82 Å². The van der Waals surface area contributed by atoms with Crippen molar-refractivity contribution in [2.75, 3.05) is 0 Å². The SMILES string of the molecule is c1ccc(-c2cc(-c3cccc(-n4c5ccccc5c5ccccc54)n3)nc(-c3cccc(-c4ccc5c(c4)c4ccccc4n5-c4cnc(-c5cc(-c6ccccn6)nc(-c6ccccn6)c5)nc4)c3)n2)cc1. The first-order valence-electron chi connectivity index (χ1n) is 24.4. The van der Waals surface area contributed by atoms with Gasteiger partial charge in [0, 0.05) is 50.6 Å². The predicted octanol–water partition coefficient (Wildman–Crippen LogP) is 14.7. The lowest BCUT2D eigenvalue weighted by atomic mass is 10.0. The lowest BCUT2D eigenvalue weighted by molar-refractivity contribution is 1.07. The number of nitrogens with zero attached hydrogens (tertiary/aromatic N) is 10. The molecule has 0 unspecified atom stereocenters. The standard InChI is InChI=1S/C64H40N10/c1-2-16-41(17-3-1)54-38-57(53-25-15-29-62(70-53)74-59-27-8-4-20-47(59)48-21-5-9-28-60(48)74)72-64(71-54)44-19-14-18-42(34-44)43-30-31-61-50(35-43)49-22-6-7-26-58(49)73(61)46-39-67-63(68-40-46)45-36-55(51-23-10-12-32-65-51)69-56(37-45)52-24-11-13-33-66-52/h1-40H. The van der Waals surface area contributed by atoms with Gasteiger partial charge in [-0.25, -0.2) is 29.9 Å². The Balaban J connectivity index is 0.833. The van der Waals surface area contributed by atoms with Crippen molar-refractivity contribution in [3.05, 3.63) is 243 Å². The van der Waals surface area contributed by atoms with Crippen molar-refractivity contribution in [1.29, 1.82) is 0 Å². The zero-order valence-corrected chi connectivity index (χ0v) is 39.6. The van der Waals surface area contributed by atoms with Crippen LogP contribution in [0.5, 0.6) is 0 Å². The third-order valence-corrected chi connectivity index (χ3v) is 13.6. The Morgan fingerprint density at radius 1 is 0.257 bits per heavy atom. The van der Waals surface area contributed by atoms with E-state index in [1.807, 2.05) is 91.3 Å². The van der Waals surface area contributed by atoms with Gasteiger partial charge in [0.25, 0.3) is 0 Å². The van der Waals surface area contributed by atoms with Gasteiger partial charge in [-0.2, -0.15) is 0 Å². The van der Waals surface area contributed by atoms with E-state index >= 15 is 0 Å². The Kier molecular flexibility index (Phi) is 10.2. The third kappa shape index (κ3) is 7.53. The van der Waals surface area contributed by atoms with Crippen LogP contribution in [0, 0.1) is 0 Å². The van der Waals surface area contributed by atoms with Crippen LogP contribution in [0.15, 0.2) is 243 Å². The summed E-state index contributed by atoms with van der Waals surface area (Å²) in [7, 11) is 0. The maximum atomic E-state index is 5.30. The second-order valence-electron chi connectivity index (χ2n) is 18.1. The van der Waals surface area contributed by atoms with Gasteiger partial charge in [0.15, 0.2) is 11.6 Å². The number of hydrogen-bond donors (Lipinski definition) is 0. The summed E-state index contributed by atoms with van der Waals surface area (Å²) in [6.45, 7) is 0. The molecule has 0 saturated carbocycles. The number of para-hydroxylation sites is 3. The fraction of sp³-hybridized carbons (Fsp3) is 0. The maximum Gasteiger partial charge on any atom is 0.160 e. The van der Waals surface area contributed by atoms with Crippen LogP contribution in [0.25, 0.3) is 134 Å². The molecule has 0 saturated heterocycles. The van der Waals surface area contributed by atoms with Gasteiger partial charge in [0.05, 0.1) is 80.0 Å². The molecule has 0 aliphatic heterocycles. The van der Waals surface area contributed by atoms with Crippen molar-refractivity contribution in [2.24, 2.45) is 0 Å². The predicted molar refractivity (Wildman–Crippen MR) is 296 cm³/mol. The van der Waals surface area contributed by atoms with E-state index in [0.29, 0.717) is 23.0 Å². The normalized spacial score (nSPS) is 11.5. The Hall–Kier alpha value is -10.3. The summed E-state index contributed by atoms with van der Waals surface area (Å²) in [6.07, 6.45) is 7.32. The molecule has 0 aliphatic carbocycles. The molecule has 0 atom stereocenters. The van der Waals surface area contributed by atoms with E-state index in [9.17, 15) is 0 Å². The number of benzene rings is 6. The summed E-state index contributed by atoms with van der Waals surface area (Å²) < 4.78 is 4.47. The highest BCUT2D eigenvalue weighted by Crippen LogP contribution is 2.38. The zero-order chi connectivity index (χ0) is 49.0. The fourth-order valence-electron chi connectivity index (χ4n) is 10.1. The van der Waals surface area contributed by atoms with Crippen LogP contribution in [-0.2, 0) is 0 Å². The van der Waals surface area contributed by atoms with Crippen molar-refractivity contribution in [3.8, 4) is 90.8 Å². The molecule has 14 rings (SSSR count). The van der Waals surface area contributed by atoms with E-state index < -0.39 is 0 Å². The van der Waals surface area contributed by atoms with Gasteiger partial charge in [-0.05, 0) is 102 Å². The van der Waals surface area contributed by atoms with Crippen molar-refractivity contribution in [3.63, 3.8) is 0 Å². The molecular weight excluding hydrogens is 909 g/mol. The molecule has 14 aromatic rings. The molecule has 0 aliphatic rings. The third-order valence-electron chi connectivity index (χ3n) is 13.6. The lowest BCUT2D eigenvalue weighted by Gasteiger charge is -2.12. The minimum Gasteiger partial charge on any atom is -0.306 e. The molecule has 10 nitrogen and oxygen atoms in total. The fourth-order valence-corrected chi connectivity index (χ4v) is 10.1. The number of aromatic nitrogens is 10. The van der Waals surface area contributed by atoms with Crippen molar-refractivity contribution in [1.82, 2.24) is 49.0 Å². The highest BCUT2D eigenvalue weighted by Gasteiger charge is 2.19. The highest BCUT2D eigenvalue weighted by atomic mass is 15.1. The Labute approximate surface area is 424 Å². The van der Waals surface area contributed by atoms with Gasteiger partial charge in [-0.1, -0.05) is 127 Å². The van der Waals surface area contributed by atoms with Gasteiger partial charge in [0.2, 0.25) is 0 Å². The van der Waals surface area contributed by atoms with Crippen LogP contribution >= 0.6 is 0 Å². The number of hydrogen-bond acceptors (Lipinski definition) is 8. The summed E-state index contributed by atoms with van der Waals surface area (Å²) in [5.74, 6) is 2.00. The first kappa shape index (κ1) is 42.5. The van der Waals surface area contributed by atoms with E-state index in [2.05, 4.69) is 159 Å². The van der Waals surface area contributed by atoms with E-state index in [1.165, 1.54) is 10.8 Å². The Bertz CT molecular complexity index is 4310. The molecule has 0 radical (unpaired) electrons. The van der Waals surface area contributed by atoms with Crippen LogP contribution in [-0.4, -0.2) is 49.0 Å². The highest BCUT2D eigenvalue weighted by molar-refractivity contribution is 6.11. The summed E-state index contributed by atoms with van der Waals surface area (Å²) in [5.41, 5.74) is 15.2. The molecule has 346 valence electrons. The first-order valence-corrected chi connectivity index (χ1v) is 24.4. The molecule has 0 spiro atoms. The summed E-state index contributed by atoms with van der Waals surface area (Å²) in [6, 6.07) is 74.6. The lowest BCUT2D eigenvalue weighted by Crippen LogP contribution is -2.01. The zero-order valence-electron chi connectivity index (χ0n) is 39.6. The molecule has 0 bridgehead atoms. The van der Waals surface area contributed by atoms with Crippen molar-refractivity contribution < 1.29 is 0 Å². The van der Waals surface area contributed by atoms with E-state index in [0.717, 1.165) is 101 Å². The number of fused-ring (bicyclic) bond motifs is 6. The van der Waals surface area contributed by atoms with E-state index in [4.69, 9.17) is 29.9 Å². The van der Waals surface area contributed by atoms with Crippen LogP contribution in [0.4, 0.5) is 0 Å². The van der Waals surface area contributed by atoms with Crippen LogP contribution in [0.1, 0.15) is 0 Å². The van der Waals surface area contributed by atoms with Gasteiger partial charge >= 0.3 is 0 Å². The summed E-state index contributed by atoms with van der Waals surface area (Å²) in [5, 5.41) is 4.61. The van der Waals surface area contributed by atoms with Gasteiger partial charge < -0.3 is 4.57 Å². The molecule has 0 N–H and O–H groups in total. The minimum absolute atomic E-state index is 0.572. The smallest absolute Gasteiger partial charge is 0.160 e. The van der Waals surface area contributed by atoms with Gasteiger partial charge in [-0.15, -0.1) is 0 Å². The quantitative estimate of drug-likeness (QED) is 0.141. The molecule has 8 heterocycles. The van der Waals surface area contributed by atoms with Crippen LogP contribution < -0.4 is 0 Å². The Morgan fingerprint density at radius 3 is 1.46 bits per heavy atom. The van der Waals surface area contributed by atoms with Crippen LogP contribution in [0.3, 0.4) is 0 Å². The second kappa shape index (κ2) is 17.8. The second-order valence-corrected chi connectivity index (χ2v) is 18.1. The van der Waals surface area contributed by atoms with Crippen molar-refractivity contribution in [2.45, 2.75) is 0 Å². The maximum absolute atomic E-state index is 5.30. The van der Waals surface area contributed by atoms with Gasteiger partial charge in [-0.3, -0.25) is 14.5 Å². The average molecular weight is 949 g/mol. The Morgan fingerprint density at radius 2 is 0.784 bits per heavy atom. The molecule has 10 heteroatoms. The first-order chi connectivity index (χ1) is 36.7. The van der Waals surface area contributed by atoms with Crippen molar-refractivity contribution >= 4 is 43.6 Å². The summed E-state index contributed by atoms with van der Waals surface area (Å²) >= 11 is 0. The molecular formula is C64H40N10. The van der Waals surface area contributed by atoms with E-state index in [-0.39, 0.29) is 0 Å². The molecule has 8 aromatic heterocycles. The number of pyridine rings is 4. The molecule has 74 heavy (non-hydrogen) atoms. The minimum atomic E-state index is 0.572. The molecule has 6 aromatic carbocycles. The monoisotopic (exact) mass is 948 g/mol. The van der Waals surface area contributed by atoms with Crippen LogP contribution in [0.2, 0.25) is 0 Å². The summed E-state index contributed by atoms with van der Waals surface area (Å²) in [4.78, 5) is 39.8. The largest absolute Gasteiger partial charge is 0.306 e. The number of rotatable bonds is 9. The van der Waals surface area contributed by atoms with E-state index in [1.54, 1.807) is 12.4 Å². The topological polar surface area (TPSA) is 113 Å².